The highest BCUT2D eigenvalue weighted by Gasteiger charge is 2.31. The first-order chi connectivity index (χ1) is 11.2. The van der Waals surface area contributed by atoms with E-state index in [1.165, 1.54) is 0 Å². The van der Waals surface area contributed by atoms with Gasteiger partial charge in [-0.1, -0.05) is 53.6 Å². The summed E-state index contributed by atoms with van der Waals surface area (Å²) in [7, 11) is 0. The number of nitrogens with one attached hydrogen (secondary N) is 1. The number of fused-ring (bicyclic) bond motifs is 3. The summed E-state index contributed by atoms with van der Waals surface area (Å²) in [5.41, 5.74) is 12.4. The van der Waals surface area contributed by atoms with Crippen LogP contribution in [0.5, 0.6) is 0 Å². The van der Waals surface area contributed by atoms with Crippen LogP contribution in [0.4, 0.5) is 4.79 Å². The summed E-state index contributed by atoms with van der Waals surface area (Å²) in [6.45, 7) is 1.94. The smallest absolute Gasteiger partial charge is 0.408 e. The number of carbonyl (C=O) groups excluding carboxylic acids is 1. The van der Waals surface area contributed by atoms with E-state index in [2.05, 4.69) is 15.3 Å². The van der Waals surface area contributed by atoms with Crippen LogP contribution >= 0.6 is 0 Å². The van der Waals surface area contributed by atoms with Crippen molar-refractivity contribution in [1.82, 2.24) is 5.32 Å². The van der Waals surface area contributed by atoms with Crippen LogP contribution in [-0.4, -0.2) is 18.7 Å². The Balaban J connectivity index is 1.80. The molecule has 2 aromatic rings. The SMILES string of the molecule is CC(CN=[N+]=[N-])NC(=O)OC1c2ccccc2-c2ccccc21. The summed E-state index contributed by atoms with van der Waals surface area (Å²) in [5, 5.41) is 6.12. The molecule has 0 radical (unpaired) electrons. The quantitative estimate of drug-likeness (QED) is 0.521. The molecule has 23 heavy (non-hydrogen) atoms. The molecule has 0 aromatic heterocycles. The summed E-state index contributed by atoms with van der Waals surface area (Å²) in [5.74, 6) is 0. The van der Waals surface area contributed by atoms with Gasteiger partial charge in [-0.15, -0.1) is 0 Å². The van der Waals surface area contributed by atoms with Crippen LogP contribution in [-0.2, 0) is 4.74 Å². The van der Waals surface area contributed by atoms with Gasteiger partial charge in [0.1, 0.15) is 0 Å². The predicted molar refractivity (Wildman–Crippen MR) is 86.8 cm³/mol. The lowest BCUT2D eigenvalue weighted by Gasteiger charge is -2.17. The standard InChI is InChI=1S/C17H16N4O2/c1-11(10-19-21-18)20-17(22)23-16-14-8-4-2-6-12(14)13-7-3-5-9-15(13)16/h2-9,11,16H,10H2,1H3,(H,20,22). The van der Waals surface area contributed by atoms with E-state index in [9.17, 15) is 4.79 Å². The molecule has 0 bridgehead atoms. The van der Waals surface area contributed by atoms with Gasteiger partial charge in [0.15, 0.2) is 6.10 Å². The number of carbonyl (C=O) groups is 1. The highest BCUT2D eigenvalue weighted by Crippen LogP contribution is 2.44. The van der Waals surface area contributed by atoms with E-state index in [-0.39, 0.29) is 12.6 Å². The number of nitrogens with zero attached hydrogens (tertiary/aromatic N) is 3. The topological polar surface area (TPSA) is 87.1 Å². The fourth-order valence-corrected chi connectivity index (χ4v) is 2.78. The molecular formula is C17H16N4O2. The Hall–Kier alpha value is -2.98. The number of alkyl carbamates (subject to hydrolysis) is 1. The molecule has 6 heteroatoms. The van der Waals surface area contributed by atoms with Gasteiger partial charge in [0.05, 0.1) is 0 Å². The van der Waals surface area contributed by atoms with Gasteiger partial charge in [-0.3, -0.25) is 0 Å². The Morgan fingerprint density at radius 3 is 2.35 bits per heavy atom. The number of amides is 1. The Bertz CT molecular complexity index is 738. The molecular weight excluding hydrogens is 292 g/mol. The van der Waals surface area contributed by atoms with Crippen molar-refractivity contribution in [2.75, 3.05) is 6.54 Å². The van der Waals surface area contributed by atoms with Crippen LogP contribution in [0.1, 0.15) is 24.2 Å². The predicted octanol–water partition coefficient (Wildman–Crippen LogP) is 4.18. The zero-order chi connectivity index (χ0) is 16.2. The summed E-state index contributed by atoms with van der Waals surface area (Å²) in [4.78, 5) is 14.8. The highest BCUT2D eigenvalue weighted by atomic mass is 16.6. The lowest BCUT2D eigenvalue weighted by Crippen LogP contribution is -2.35. The van der Waals surface area contributed by atoms with E-state index < -0.39 is 12.2 Å². The molecule has 0 fully saturated rings. The number of ether oxygens (including phenoxy) is 1. The van der Waals surface area contributed by atoms with Crippen LogP contribution in [0.2, 0.25) is 0 Å². The minimum atomic E-state index is -0.526. The monoisotopic (exact) mass is 308 g/mol. The molecule has 3 rings (SSSR count). The molecule has 6 nitrogen and oxygen atoms in total. The maximum Gasteiger partial charge on any atom is 0.408 e. The first-order valence-electron chi connectivity index (χ1n) is 7.37. The third kappa shape index (κ3) is 2.98. The van der Waals surface area contributed by atoms with Crippen molar-refractivity contribution in [1.29, 1.82) is 0 Å². The molecule has 1 unspecified atom stereocenters. The molecule has 1 amide bonds. The van der Waals surface area contributed by atoms with E-state index in [0.29, 0.717) is 0 Å². The fourth-order valence-electron chi connectivity index (χ4n) is 2.78. The summed E-state index contributed by atoms with van der Waals surface area (Å²) >= 11 is 0. The summed E-state index contributed by atoms with van der Waals surface area (Å²) in [6, 6.07) is 15.5. The number of hydrogen-bond acceptors (Lipinski definition) is 3. The normalized spacial score (nSPS) is 13.4. The average molecular weight is 308 g/mol. The molecule has 0 aliphatic heterocycles. The van der Waals surface area contributed by atoms with Gasteiger partial charge >= 0.3 is 6.09 Å². The molecule has 0 saturated heterocycles. The largest absolute Gasteiger partial charge is 0.436 e. The van der Waals surface area contributed by atoms with Gasteiger partial charge < -0.3 is 10.1 Å². The second kappa shape index (κ2) is 6.42. The van der Waals surface area contributed by atoms with Crippen molar-refractivity contribution >= 4 is 6.09 Å². The van der Waals surface area contributed by atoms with E-state index in [1.54, 1.807) is 6.92 Å². The minimum absolute atomic E-state index is 0.184. The van der Waals surface area contributed by atoms with Gasteiger partial charge in [0.2, 0.25) is 0 Å². The number of rotatable bonds is 4. The van der Waals surface area contributed by atoms with Crippen LogP contribution in [0, 0.1) is 0 Å². The first kappa shape index (κ1) is 14.9. The van der Waals surface area contributed by atoms with Crippen LogP contribution in [0.25, 0.3) is 21.6 Å². The van der Waals surface area contributed by atoms with Gasteiger partial charge in [0, 0.05) is 28.6 Å². The number of benzene rings is 2. The van der Waals surface area contributed by atoms with Crippen LogP contribution in [0.3, 0.4) is 0 Å². The molecule has 1 aliphatic carbocycles. The van der Waals surface area contributed by atoms with E-state index in [4.69, 9.17) is 10.3 Å². The van der Waals surface area contributed by atoms with Crippen LogP contribution < -0.4 is 5.32 Å². The van der Waals surface area contributed by atoms with Crippen molar-refractivity contribution in [3.8, 4) is 11.1 Å². The Labute approximate surface area is 133 Å². The highest BCUT2D eigenvalue weighted by molar-refractivity contribution is 5.79. The van der Waals surface area contributed by atoms with Gasteiger partial charge in [-0.05, 0) is 23.6 Å². The zero-order valence-corrected chi connectivity index (χ0v) is 12.6. The molecule has 2 aromatic carbocycles. The van der Waals surface area contributed by atoms with E-state index >= 15 is 0 Å². The molecule has 116 valence electrons. The molecule has 0 saturated carbocycles. The fraction of sp³-hybridized carbons (Fsp3) is 0.235. The summed E-state index contributed by atoms with van der Waals surface area (Å²) < 4.78 is 5.63. The molecule has 0 spiro atoms. The van der Waals surface area contributed by atoms with Gasteiger partial charge in [-0.25, -0.2) is 4.79 Å². The maximum absolute atomic E-state index is 12.1. The van der Waals surface area contributed by atoms with Crippen molar-refractivity contribution in [3.63, 3.8) is 0 Å². The summed E-state index contributed by atoms with van der Waals surface area (Å²) in [6.07, 6.45) is -0.948. The molecule has 1 N–H and O–H groups in total. The molecule has 0 heterocycles. The van der Waals surface area contributed by atoms with Gasteiger partial charge in [-0.2, -0.15) is 0 Å². The van der Waals surface area contributed by atoms with Crippen molar-refractivity contribution in [2.24, 2.45) is 5.11 Å². The Kier molecular flexibility index (Phi) is 4.17. The van der Waals surface area contributed by atoms with E-state index in [1.807, 2.05) is 48.5 Å². The van der Waals surface area contributed by atoms with Crippen molar-refractivity contribution in [2.45, 2.75) is 19.1 Å². The number of azide groups is 1. The third-order valence-corrected chi connectivity index (χ3v) is 3.78. The van der Waals surface area contributed by atoms with Crippen LogP contribution in [0.15, 0.2) is 53.6 Å². The van der Waals surface area contributed by atoms with E-state index in [0.717, 1.165) is 22.3 Å². The Morgan fingerprint density at radius 2 is 1.78 bits per heavy atom. The molecule has 1 atom stereocenters. The minimum Gasteiger partial charge on any atom is -0.436 e. The van der Waals surface area contributed by atoms with Crippen molar-refractivity contribution < 1.29 is 9.53 Å². The van der Waals surface area contributed by atoms with Crippen molar-refractivity contribution in [3.05, 3.63) is 70.1 Å². The first-order valence-corrected chi connectivity index (χ1v) is 7.37. The lowest BCUT2D eigenvalue weighted by atomic mass is 10.1. The maximum atomic E-state index is 12.1. The van der Waals surface area contributed by atoms with Gasteiger partial charge in [0.25, 0.3) is 0 Å². The second-order valence-electron chi connectivity index (χ2n) is 5.42. The molecule has 1 aliphatic rings. The Morgan fingerprint density at radius 1 is 1.22 bits per heavy atom. The second-order valence-corrected chi connectivity index (χ2v) is 5.42. The third-order valence-electron chi connectivity index (χ3n) is 3.78. The zero-order valence-electron chi connectivity index (χ0n) is 12.6. The average Bonchev–Trinajstić information content (AvgIpc) is 2.88. The number of hydrogen-bond donors (Lipinski definition) is 1. The lowest BCUT2D eigenvalue weighted by molar-refractivity contribution is 0.116.